The van der Waals surface area contributed by atoms with Crippen molar-refractivity contribution in [2.24, 2.45) is 11.3 Å². The zero-order valence-electron chi connectivity index (χ0n) is 14.7. The number of carboxylic acid groups (broad SMARTS) is 1. The topological polar surface area (TPSA) is 78.7 Å². The van der Waals surface area contributed by atoms with Crippen LogP contribution in [0.5, 0.6) is 0 Å². The average Bonchev–Trinajstić information content (AvgIpc) is 3.31. The van der Waals surface area contributed by atoms with Crippen LogP contribution in [0.25, 0.3) is 5.82 Å². The second-order valence-corrected chi connectivity index (χ2v) is 7.09. The normalized spacial score (nSPS) is 25.7. The van der Waals surface area contributed by atoms with Gasteiger partial charge in [0, 0.05) is 50.8 Å². The van der Waals surface area contributed by atoms with Crippen molar-refractivity contribution in [1.82, 2.24) is 19.4 Å². The predicted molar refractivity (Wildman–Crippen MR) is 94.7 cm³/mol. The first-order chi connectivity index (χ1) is 12.5. The van der Waals surface area contributed by atoms with Gasteiger partial charge in [0.05, 0.1) is 5.92 Å². The van der Waals surface area contributed by atoms with Crippen LogP contribution in [0.15, 0.2) is 42.7 Å². The number of aliphatic carboxylic acids is 1. The molecule has 26 heavy (non-hydrogen) atoms. The fourth-order valence-electron chi connectivity index (χ4n) is 4.29. The number of fused-ring (bicyclic) bond motifs is 1. The minimum absolute atomic E-state index is 0.0301. The zero-order valence-corrected chi connectivity index (χ0v) is 14.7. The van der Waals surface area contributed by atoms with E-state index in [1.54, 1.807) is 11.1 Å². The third-order valence-corrected chi connectivity index (χ3v) is 5.62. The summed E-state index contributed by atoms with van der Waals surface area (Å²) in [4.78, 5) is 32.7. The highest BCUT2D eigenvalue weighted by Gasteiger charge is 2.61. The minimum Gasteiger partial charge on any atom is -0.481 e. The standard InChI is InChI=1S/C19H22N4O3/c1-2-22-13-19(18(25)26)12-21(11-15(19)17(22)24)10-14-6-5-9-23(14)16-7-3-4-8-20-16/h3-9,15H,2,10-13H2,1H3,(H,25,26)/t15-,19-/m1/s1. The molecule has 2 aliphatic heterocycles. The lowest BCUT2D eigenvalue weighted by molar-refractivity contribution is -0.149. The lowest BCUT2D eigenvalue weighted by Crippen LogP contribution is -2.40. The van der Waals surface area contributed by atoms with Crippen LogP contribution in [0.3, 0.4) is 0 Å². The minimum atomic E-state index is -0.991. The van der Waals surface area contributed by atoms with E-state index in [1.807, 2.05) is 48.0 Å². The first-order valence-corrected chi connectivity index (χ1v) is 8.87. The molecule has 7 heteroatoms. The molecule has 1 amide bonds. The first-order valence-electron chi connectivity index (χ1n) is 8.87. The third kappa shape index (κ3) is 2.50. The van der Waals surface area contributed by atoms with E-state index < -0.39 is 17.3 Å². The van der Waals surface area contributed by atoms with E-state index in [2.05, 4.69) is 9.88 Å². The van der Waals surface area contributed by atoms with Gasteiger partial charge in [-0.25, -0.2) is 4.98 Å². The van der Waals surface area contributed by atoms with Crippen molar-refractivity contribution in [3.8, 4) is 5.82 Å². The van der Waals surface area contributed by atoms with Crippen LogP contribution in [-0.2, 0) is 16.1 Å². The molecule has 0 unspecified atom stereocenters. The maximum Gasteiger partial charge on any atom is 0.313 e. The van der Waals surface area contributed by atoms with Gasteiger partial charge >= 0.3 is 5.97 Å². The van der Waals surface area contributed by atoms with E-state index in [1.165, 1.54) is 0 Å². The number of nitrogens with zero attached hydrogens (tertiary/aromatic N) is 4. The number of carbonyl (C=O) groups is 2. The molecule has 4 rings (SSSR count). The Morgan fingerprint density at radius 3 is 2.81 bits per heavy atom. The molecule has 2 atom stereocenters. The van der Waals surface area contributed by atoms with Crippen LogP contribution in [0.1, 0.15) is 12.6 Å². The Balaban J connectivity index is 1.57. The van der Waals surface area contributed by atoms with Gasteiger partial charge in [-0.2, -0.15) is 0 Å². The average molecular weight is 354 g/mol. The Labute approximate surface area is 151 Å². The Bertz CT molecular complexity index is 834. The Morgan fingerprint density at radius 1 is 1.31 bits per heavy atom. The molecule has 1 N–H and O–H groups in total. The fourth-order valence-corrected chi connectivity index (χ4v) is 4.29. The van der Waals surface area contributed by atoms with Gasteiger partial charge in [0.1, 0.15) is 11.2 Å². The summed E-state index contributed by atoms with van der Waals surface area (Å²) in [6.07, 6.45) is 3.70. The van der Waals surface area contributed by atoms with Crippen molar-refractivity contribution in [2.75, 3.05) is 26.2 Å². The summed E-state index contributed by atoms with van der Waals surface area (Å²) in [5.74, 6) is -0.529. The van der Waals surface area contributed by atoms with E-state index in [0.29, 0.717) is 32.7 Å². The summed E-state index contributed by atoms with van der Waals surface area (Å²) in [7, 11) is 0. The molecule has 0 bridgehead atoms. The molecule has 4 heterocycles. The Morgan fingerprint density at radius 2 is 2.15 bits per heavy atom. The van der Waals surface area contributed by atoms with Crippen LogP contribution in [0.4, 0.5) is 0 Å². The summed E-state index contributed by atoms with van der Waals surface area (Å²) in [6, 6.07) is 9.71. The number of likely N-dealkylation sites (tertiary alicyclic amines) is 2. The zero-order chi connectivity index (χ0) is 18.3. The van der Waals surface area contributed by atoms with E-state index in [4.69, 9.17) is 0 Å². The maximum absolute atomic E-state index is 12.6. The monoisotopic (exact) mass is 354 g/mol. The molecule has 0 radical (unpaired) electrons. The van der Waals surface area contributed by atoms with Gasteiger partial charge in [-0.1, -0.05) is 6.07 Å². The molecule has 136 valence electrons. The molecule has 0 aromatic carbocycles. The van der Waals surface area contributed by atoms with Crippen LogP contribution in [0, 0.1) is 11.3 Å². The molecule has 2 saturated heterocycles. The van der Waals surface area contributed by atoms with Gasteiger partial charge in [0.2, 0.25) is 5.91 Å². The van der Waals surface area contributed by atoms with Gasteiger partial charge in [0.15, 0.2) is 0 Å². The first kappa shape index (κ1) is 16.8. The van der Waals surface area contributed by atoms with Crippen molar-refractivity contribution >= 4 is 11.9 Å². The molecule has 2 aromatic heterocycles. The number of hydrogen-bond acceptors (Lipinski definition) is 4. The highest BCUT2D eigenvalue weighted by atomic mass is 16.4. The van der Waals surface area contributed by atoms with Crippen molar-refractivity contribution in [3.63, 3.8) is 0 Å². The molecular formula is C19H22N4O3. The van der Waals surface area contributed by atoms with Crippen LogP contribution < -0.4 is 0 Å². The Hall–Kier alpha value is -2.67. The number of carbonyl (C=O) groups excluding carboxylic acids is 1. The summed E-state index contributed by atoms with van der Waals surface area (Å²) in [5.41, 5.74) is 0.0409. The third-order valence-electron chi connectivity index (χ3n) is 5.62. The van der Waals surface area contributed by atoms with Crippen molar-refractivity contribution in [1.29, 1.82) is 0 Å². The van der Waals surface area contributed by atoms with Crippen molar-refractivity contribution in [3.05, 3.63) is 48.4 Å². The Kier molecular flexibility index (Phi) is 4.03. The van der Waals surface area contributed by atoms with Gasteiger partial charge < -0.3 is 14.6 Å². The van der Waals surface area contributed by atoms with Gasteiger partial charge in [0.25, 0.3) is 0 Å². The number of carboxylic acids is 1. The van der Waals surface area contributed by atoms with E-state index >= 15 is 0 Å². The fraction of sp³-hybridized carbons (Fsp3) is 0.421. The van der Waals surface area contributed by atoms with Gasteiger partial charge in [-0.3, -0.25) is 14.5 Å². The number of rotatable bonds is 5. The lowest BCUT2D eigenvalue weighted by Gasteiger charge is -2.25. The van der Waals surface area contributed by atoms with E-state index in [0.717, 1.165) is 11.5 Å². The second kappa shape index (κ2) is 6.25. The number of pyridine rings is 1. The highest BCUT2D eigenvalue weighted by Crippen LogP contribution is 2.44. The molecule has 0 saturated carbocycles. The molecule has 2 fully saturated rings. The van der Waals surface area contributed by atoms with Crippen molar-refractivity contribution in [2.45, 2.75) is 13.5 Å². The SMILES string of the molecule is CCN1C[C@]2(C(=O)O)CN(Cc3cccn3-c3ccccn3)C[C@@H]2C1=O. The lowest BCUT2D eigenvalue weighted by atomic mass is 9.81. The van der Waals surface area contributed by atoms with E-state index in [9.17, 15) is 14.7 Å². The van der Waals surface area contributed by atoms with Gasteiger partial charge in [-0.05, 0) is 31.2 Å². The largest absolute Gasteiger partial charge is 0.481 e. The summed E-state index contributed by atoms with van der Waals surface area (Å²) < 4.78 is 2.00. The van der Waals surface area contributed by atoms with Gasteiger partial charge in [-0.15, -0.1) is 0 Å². The predicted octanol–water partition coefficient (Wildman–Crippen LogP) is 1.24. The molecular weight excluding hydrogens is 332 g/mol. The molecule has 0 aliphatic carbocycles. The smallest absolute Gasteiger partial charge is 0.313 e. The quantitative estimate of drug-likeness (QED) is 0.874. The maximum atomic E-state index is 12.6. The molecule has 2 aromatic rings. The summed E-state index contributed by atoms with van der Waals surface area (Å²) in [6.45, 7) is 4.23. The number of hydrogen-bond donors (Lipinski definition) is 1. The highest BCUT2D eigenvalue weighted by molar-refractivity contribution is 5.92. The molecule has 0 spiro atoms. The number of aromatic nitrogens is 2. The van der Waals surface area contributed by atoms with Crippen LogP contribution >= 0.6 is 0 Å². The van der Waals surface area contributed by atoms with Crippen molar-refractivity contribution < 1.29 is 14.7 Å². The number of amides is 1. The second-order valence-electron chi connectivity index (χ2n) is 7.09. The summed E-state index contributed by atoms with van der Waals surface area (Å²) >= 11 is 0. The van der Waals surface area contributed by atoms with Crippen LogP contribution in [0.2, 0.25) is 0 Å². The van der Waals surface area contributed by atoms with E-state index in [-0.39, 0.29) is 5.91 Å². The van der Waals surface area contributed by atoms with Crippen LogP contribution in [-0.4, -0.2) is 62.5 Å². The molecule has 2 aliphatic rings. The summed E-state index contributed by atoms with van der Waals surface area (Å²) in [5, 5.41) is 9.86. The molecule has 7 nitrogen and oxygen atoms in total.